The zero-order chi connectivity index (χ0) is 14.9. The number of primary sulfonamides is 1. The minimum atomic E-state index is -3.56. The molecular weight excluding hydrogens is 323 g/mol. The van der Waals surface area contributed by atoms with Crippen LogP contribution >= 0.6 is 23.2 Å². The fraction of sp³-hybridized carbons (Fsp3) is 0.417. The van der Waals surface area contributed by atoms with Crippen molar-refractivity contribution in [3.63, 3.8) is 0 Å². The molecule has 1 atom stereocenters. The van der Waals surface area contributed by atoms with E-state index in [1.807, 2.05) is 0 Å². The Hall–Kier alpha value is -0.820. The lowest BCUT2D eigenvalue weighted by Gasteiger charge is -2.17. The van der Waals surface area contributed by atoms with Crippen molar-refractivity contribution >= 4 is 39.1 Å². The largest absolute Gasteiger partial charge is 0.338 e. The second-order valence-corrected chi connectivity index (χ2v) is 7.40. The molecule has 110 valence electrons. The average molecular weight is 337 g/mol. The highest BCUT2D eigenvalue weighted by atomic mass is 35.5. The van der Waals surface area contributed by atoms with Crippen LogP contribution in [0.4, 0.5) is 0 Å². The van der Waals surface area contributed by atoms with Crippen LogP contribution in [-0.2, 0) is 21.4 Å². The monoisotopic (exact) mass is 336 g/mol. The van der Waals surface area contributed by atoms with Gasteiger partial charge in [-0.2, -0.15) is 0 Å². The number of carbonyl (C=O) groups is 1. The Bertz CT molecular complexity index is 634. The second kappa shape index (κ2) is 5.89. The van der Waals surface area contributed by atoms with Crippen molar-refractivity contribution in [2.24, 2.45) is 11.1 Å². The molecule has 8 heteroatoms. The van der Waals surface area contributed by atoms with Gasteiger partial charge in [0.2, 0.25) is 15.9 Å². The van der Waals surface area contributed by atoms with Gasteiger partial charge in [-0.15, -0.1) is 0 Å². The molecule has 1 saturated heterocycles. The average Bonchev–Trinajstić information content (AvgIpc) is 2.62. The molecule has 0 bridgehead atoms. The summed E-state index contributed by atoms with van der Waals surface area (Å²) in [6.07, 6.45) is 0.206. The van der Waals surface area contributed by atoms with Crippen LogP contribution in [0.25, 0.3) is 0 Å². The zero-order valence-corrected chi connectivity index (χ0v) is 12.9. The van der Waals surface area contributed by atoms with E-state index in [2.05, 4.69) is 0 Å². The maximum absolute atomic E-state index is 11.9. The number of rotatable bonds is 4. The molecule has 1 aromatic rings. The summed E-state index contributed by atoms with van der Waals surface area (Å²) in [6, 6.07) is 5.15. The smallest absolute Gasteiger partial charge is 0.223 e. The summed E-state index contributed by atoms with van der Waals surface area (Å²) >= 11 is 11.7. The molecule has 1 fully saturated rings. The first kappa shape index (κ1) is 15.6. The molecule has 1 heterocycles. The van der Waals surface area contributed by atoms with Crippen molar-refractivity contribution in [3.05, 3.63) is 33.8 Å². The molecule has 1 aromatic carbocycles. The van der Waals surface area contributed by atoms with Gasteiger partial charge in [-0.3, -0.25) is 4.79 Å². The molecule has 1 aliphatic rings. The van der Waals surface area contributed by atoms with Gasteiger partial charge in [0.1, 0.15) is 0 Å². The minimum Gasteiger partial charge on any atom is -0.338 e. The summed E-state index contributed by atoms with van der Waals surface area (Å²) in [4.78, 5) is 13.5. The van der Waals surface area contributed by atoms with Gasteiger partial charge in [-0.25, -0.2) is 13.6 Å². The summed E-state index contributed by atoms with van der Waals surface area (Å²) in [5.74, 6) is -0.499. The van der Waals surface area contributed by atoms with E-state index in [1.165, 1.54) is 0 Å². The molecule has 0 spiro atoms. The summed E-state index contributed by atoms with van der Waals surface area (Å²) in [5.41, 5.74) is 0.851. The predicted octanol–water partition coefficient (Wildman–Crippen LogP) is 1.63. The fourth-order valence-electron chi connectivity index (χ4n) is 2.31. The number of sulfonamides is 1. The Labute approximate surface area is 127 Å². The van der Waals surface area contributed by atoms with Gasteiger partial charge in [0.15, 0.2) is 0 Å². The molecule has 5 nitrogen and oxygen atoms in total. The Morgan fingerprint density at radius 1 is 1.30 bits per heavy atom. The number of nitrogens with zero attached hydrogens (tertiary/aromatic N) is 1. The lowest BCUT2D eigenvalue weighted by atomic mass is 10.1. The highest BCUT2D eigenvalue weighted by molar-refractivity contribution is 7.89. The maximum Gasteiger partial charge on any atom is 0.223 e. The van der Waals surface area contributed by atoms with Crippen LogP contribution in [0.1, 0.15) is 12.0 Å². The van der Waals surface area contributed by atoms with Crippen LogP contribution in [0.2, 0.25) is 10.0 Å². The number of benzene rings is 1. The van der Waals surface area contributed by atoms with Crippen LogP contribution in [-0.4, -0.2) is 31.5 Å². The summed E-state index contributed by atoms with van der Waals surface area (Å²) in [7, 11) is -3.56. The third-order valence-corrected chi connectivity index (χ3v) is 4.80. The Morgan fingerprint density at radius 2 is 2.00 bits per heavy atom. The van der Waals surface area contributed by atoms with E-state index in [-0.39, 0.29) is 24.0 Å². The van der Waals surface area contributed by atoms with Crippen LogP contribution in [0.5, 0.6) is 0 Å². The molecule has 1 aliphatic heterocycles. The van der Waals surface area contributed by atoms with Crippen molar-refractivity contribution < 1.29 is 13.2 Å². The summed E-state index contributed by atoms with van der Waals surface area (Å²) in [5, 5.41) is 5.89. The number of carbonyl (C=O) groups excluding carboxylic acids is 1. The van der Waals surface area contributed by atoms with Crippen molar-refractivity contribution in [2.75, 3.05) is 12.3 Å². The highest BCUT2D eigenvalue weighted by Gasteiger charge is 2.31. The zero-order valence-electron chi connectivity index (χ0n) is 10.6. The van der Waals surface area contributed by atoms with Crippen LogP contribution in [0, 0.1) is 5.92 Å². The van der Waals surface area contributed by atoms with Crippen molar-refractivity contribution in [3.8, 4) is 0 Å². The third-order valence-electron chi connectivity index (χ3n) is 3.12. The van der Waals surface area contributed by atoms with Gasteiger partial charge in [-0.1, -0.05) is 29.3 Å². The molecular formula is C12H14Cl2N2O3S. The highest BCUT2D eigenvalue weighted by Crippen LogP contribution is 2.25. The minimum absolute atomic E-state index is 0.0790. The lowest BCUT2D eigenvalue weighted by molar-refractivity contribution is -0.128. The SMILES string of the molecule is NS(=O)(=O)CC1CC(=O)N(Cc2ccc(Cl)c(Cl)c2)C1. The van der Waals surface area contributed by atoms with Crippen LogP contribution in [0.3, 0.4) is 0 Å². The third kappa shape index (κ3) is 4.09. The van der Waals surface area contributed by atoms with Gasteiger partial charge in [-0.05, 0) is 17.7 Å². The van der Waals surface area contributed by atoms with Crippen molar-refractivity contribution in [1.82, 2.24) is 4.90 Å². The quantitative estimate of drug-likeness (QED) is 0.907. The Kier molecular flexibility index (Phi) is 4.59. The molecule has 20 heavy (non-hydrogen) atoms. The van der Waals surface area contributed by atoms with Crippen molar-refractivity contribution in [1.29, 1.82) is 0 Å². The molecule has 0 radical (unpaired) electrons. The Balaban J connectivity index is 2.03. The first-order chi connectivity index (χ1) is 9.24. The van der Waals surface area contributed by atoms with E-state index in [1.54, 1.807) is 23.1 Å². The van der Waals surface area contributed by atoms with Crippen molar-refractivity contribution in [2.45, 2.75) is 13.0 Å². The summed E-state index contributed by atoms with van der Waals surface area (Å²) < 4.78 is 22.1. The number of likely N-dealkylation sites (tertiary alicyclic amines) is 1. The topological polar surface area (TPSA) is 80.5 Å². The number of hydrogen-bond donors (Lipinski definition) is 1. The molecule has 2 rings (SSSR count). The Morgan fingerprint density at radius 3 is 2.60 bits per heavy atom. The summed E-state index contributed by atoms with van der Waals surface area (Å²) in [6.45, 7) is 0.770. The second-order valence-electron chi connectivity index (χ2n) is 4.92. The number of hydrogen-bond acceptors (Lipinski definition) is 3. The molecule has 2 N–H and O–H groups in total. The van der Waals surface area contributed by atoms with E-state index in [0.29, 0.717) is 23.1 Å². The molecule has 0 aromatic heterocycles. The standard InChI is InChI=1S/C12H14Cl2N2O3S/c13-10-2-1-8(3-11(10)14)5-16-6-9(4-12(16)17)7-20(15,18)19/h1-3,9H,4-7H2,(H2,15,18,19). The lowest BCUT2D eigenvalue weighted by Crippen LogP contribution is -2.27. The molecule has 0 aliphatic carbocycles. The predicted molar refractivity (Wildman–Crippen MR) is 78.0 cm³/mol. The molecule has 1 amide bonds. The molecule has 0 saturated carbocycles. The first-order valence-corrected chi connectivity index (χ1v) is 8.44. The van der Waals surface area contributed by atoms with Gasteiger partial charge in [0.05, 0.1) is 15.8 Å². The van der Waals surface area contributed by atoms with Gasteiger partial charge in [0, 0.05) is 25.4 Å². The van der Waals surface area contributed by atoms with E-state index in [4.69, 9.17) is 28.3 Å². The maximum atomic E-state index is 11.9. The first-order valence-electron chi connectivity index (χ1n) is 5.97. The number of nitrogens with two attached hydrogens (primary N) is 1. The van der Waals surface area contributed by atoms with Gasteiger partial charge < -0.3 is 4.90 Å². The van der Waals surface area contributed by atoms with E-state index in [9.17, 15) is 13.2 Å². The van der Waals surface area contributed by atoms with Crippen LogP contribution < -0.4 is 5.14 Å². The normalized spacial score (nSPS) is 19.6. The van der Waals surface area contributed by atoms with Crippen LogP contribution in [0.15, 0.2) is 18.2 Å². The fourth-order valence-corrected chi connectivity index (χ4v) is 3.51. The van der Waals surface area contributed by atoms with E-state index in [0.717, 1.165) is 5.56 Å². The van der Waals surface area contributed by atoms with E-state index >= 15 is 0 Å². The number of amides is 1. The van der Waals surface area contributed by atoms with Gasteiger partial charge >= 0.3 is 0 Å². The van der Waals surface area contributed by atoms with E-state index < -0.39 is 10.0 Å². The van der Waals surface area contributed by atoms with Gasteiger partial charge in [0.25, 0.3) is 0 Å². The number of halogens is 2. The molecule has 1 unspecified atom stereocenters.